The Morgan fingerprint density at radius 1 is 1.19 bits per heavy atom. The third kappa shape index (κ3) is 2.50. The summed E-state index contributed by atoms with van der Waals surface area (Å²) < 4.78 is 0.909. The van der Waals surface area contributed by atoms with Crippen LogP contribution in [-0.2, 0) is 0 Å². The minimum absolute atomic E-state index is 0.251. The highest BCUT2D eigenvalue weighted by atomic mass is 79.9. The second kappa shape index (κ2) is 5.09. The first kappa shape index (κ1) is 14.0. The van der Waals surface area contributed by atoms with E-state index in [0.29, 0.717) is 16.1 Å². The molecule has 3 amide bonds. The molecule has 2 aromatic rings. The van der Waals surface area contributed by atoms with Gasteiger partial charge in [-0.25, -0.2) is 0 Å². The van der Waals surface area contributed by atoms with Gasteiger partial charge in [-0.1, -0.05) is 0 Å². The highest BCUT2D eigenvalue weighted by molar-refractivity contribution is 9.11. The molecule has 5 nitrogen and oxygen atoms in total. The van der Waals surface area contributed by atoms with Gasteiger partial charge in [0.2, 0.25) is 0 Å². The van der Waals surface area contributed by atoms with Crippen molar-refractivity contribution < 1.29 is 14.4 Å². The predicted molar refractivity (Wildman–Crippen MR) is 82.9 cm³/mol. The van der Waals surface area contributed by atoms with Crippen LogP contribution in [0.15, 0.2) is 28.1 Å². The summed E-state index contributed by atoms with van der Waals surface area (Å²) in [6.07, 6.45) is 0. The van der Waals surface area contributed by atoms with Crippen LogP contribution < -0.4 is 10.6 Å². The lowest BCUT2D eigenvalue weighted by molar-refractivity contribution is 0.0878. The van der Waals surface area contributed by atoms with Gasteiger partial charge in [-0.2, -0.15) is 0 Å². The number of carbonyl (C=O) groups excluding carboxylic acids is 3. The molecule has 1 aromatic carbocycles. The highest BCUT2D eigenvalue weighted by Gasteiger charge is 2.26. The van der Waals surface area contributed by atoms with Crippen molar-refractivity contribution in [3.05, 3.63) is 49.6 Å². The standard InChI is InChI=1S/C14H9BrN2O3S/c1-6-4-10(21-11(6)15)14(20)16-7-2-3-8-9(5-7)13(19)17-12(8)18/h2-5H,1H3,(H,16,20)(H,17,18,19). The summed E-state index contributed by atoms with van der Waals surface area (Å²) in [5, 5.41) is 4.93. The molecule has 106 valence electrons. The van der Waals surface area contributed by atoms with E-state index in [-0.39, 0.29) is 11.5 Å². The van der Waals surface area contributed by atoms with E-state index in [1.165, 1.54) is 23.5 Å². The second-order valence-electron chi connectivity index (χ2n) is 4.57. The molecule has 7 heteroatoms. The van der Waals surface area contributed by atoms with Gasteiger partial charge in [-0.15, -0.1) is 11.3 Å². The first-order valence-electron chi connectivity index (χ1n) is 6.02. The van der Waals surface area contributed by atoms with Crippen molar-refractivity contribution in [3.63, 3.8) is 0 Å². The molecule has 0 fully saturated rings. The fourth-order valence-corrected chi connectivity index (χ4v) is 3.44. The molecule has 1 aliphatic heterocycles. The summed E-state index contributed by atoms with van der Waals surface area (Å²) in [5.41, 5.74) is 2.07. The van der Waals surface area contributed by atoms with Gasteiger partial charge in [0, 0.05) is 5.69 Å². The smallest absolute Gasteiger partial charge is 0.265 e. The number of benzene rings is 1. The number of halogens is 1. The maximum absolute atomic E-state index is 12.1. The SMILES string of the molecule is Cc1cc(C(=O)Nc2ccc3c(c2)C(=O)NC3=O)sc1Br. The topological polar surface area (TPSA) is 75.3 Å². The Bertz CT molecular complexity index is 778. The van der Waals surface area contributed by atoms with Crippen molar-refractivity contribution in [1.29, 1.82) is 0 Å². The largest absolute Gasteiger partial charge is 0.321 e. The molecule has 21 heavy (non-hydrogen) atoms. The van der Waals surface area contributed by atoms with Gasteiger partial charge in [0.15, 0.2) is 0 Å². The van der Waals surface area contributed by atoms with Crippen LogP contribution in [0.2, 0.25) is 0 Å². The molecule has 0 unspecified atom stereocenters. The van der Waals surface area contributed by atoms with Crippen LogP contribution in [-0.4, -0.2) is 17.7 Å². The molecule has 0 saturated carbocycles. The van der Waals surface area contributed by atoms with Crippen LogP contribution in [0.4, 0.5) is 5.69 Å². The lowest BCUT2D eigenvalue weighted by Gasteiger charge is -2.04. The third-order valence-corrected chi connectivity index (χ3v) is 5.21. The second-order valence-corrected chi connectivity index (χ2v) is 6.94. The summed E-state index contributed by atoms with van der Waals surface area (Å²) in [6, 6.07) is 6.42. The number of rotatable bonds is 2. The summed E-state index contributed by atoms with van der Waals surface area (Å²) in [4.78, 5) is 35.7. The predicted octanol–water partition coefficient (Wildman–Crippen LogP) is 2.95. The highest BCUT2D eigenvalue weighted by Crippen LogP contribution is 2.28. The van der Waals surface area contributed by atoms with Gasteiger partial charge in [-0.05, 0) is 52.7 Å². The number of hydrogen-bond acceptors (Lipinski definition) is 4. The zero-order valence-electron chi connectivity index (χ0n) is 10.8. The Labute approximate surface area is 132 Å². The van der Waals surface area contributed by atoms with E-state index in [2.05, 4.69) is 26.6 Å². The first-order valence-corrected chi connectivity index (χ1v) is 7.63. The van der Waals surface area contributed by atoms with Gasteiger partial charge in [0.1, 0.15) is 0 Å². The first-order chi connectivity index (χ1) is 9.95. The molecular weight excluding hydrogens is 356 g/mol. The van der Waals surface area contributed by atoms with Crippen molar-refractivity contribution in [2.45, 2.75) is 6.92 Å². The monoisotopic (exact) mass is 364 g/mol. The lowest BCUT2D eigenvalue weighted by atomic mass is 10.1. The Balaban J connectivity index is 1.86. The lowest BCUT2D eigenvalue weighted by Crippen LogP contribution is -2.19. The van der Waals surface area contributed by atoms with E-state index < -0.39 is 11.8 Å². The molecule has 0 spiro atoms. The zero-order valence-corrected chi connectivity index (χ0v) is 13.2. The van der Waals surface area contributed by atoms with Crippen LogP contribution in [0.25, 0.3) is 0 Å². The van der Waals surface area contributed by atoms with Crippen molar-refractivity contribution in [1.82, 2.24) is 5.32 Å². The Hall–Kier alpha value is -1.99. The van der Waals surface area contributed by atoms with Crippen LogP contribution in [0.1, 0.15) is 36.0 Å². The minimum atomic E-state index is -0.444. The van der Waals surface area contributed by atoms with Crippen LogP contribution in [0, 0.1) is 6.92 Å². The van der Waals surface area contributed by atoms with Crippen LogP contribution >= 0.6 is 27.3 Å². The third-order valence-electron chi connectivity index (χ3n) is 3.07. The molecule has 2 heterocycles. The van der Waals surface area contributed by atoms with Crippen molar-refractivity contribution in [2.75, 3.05) is 5.32 Å². The van der Waals surface area contributed by atoms with Crippen molar-refractivity contribution in [2.24, 2.45) is 0 Å². The average Bonchev–Trinajstić information content (AvgIpc) is 2.91. The molecule has 0 radical (unpaired) electrons. The molecule has 0 bridgehead atoms. The number of anilines is 1. The number of nitrogens with one attached hydrogen (secondary N) is 2. The van der Waals surface area contributed by atoms with Gasteiger partial charge in [0.05, 0.1) is 19.8 Å². The maximum atomic E-state index is 12.1. The van der Waals surface area contributed by atoms with Gasteiger partial charge in [-0.3, -0.25) is 19.7 Å². The Morgan fingerprint density at radius 2 is 1.90 bits per heavy atom. The minimum Gasteiger partial charge on any atom is -0.321 e. The van der Waals surface area contributed by atoms with Gasteiger partial charge >= 0.3 is 0 Å². The summed E-state index contributed by atoms with van der Waals surface area (Å²) in [6.45, 7) is 1.91. The number of fused-ring (bicyclic) bond motifs is 1. The van der Waals surface area contributed by atoms with E-state index in [1.807, 2.05) is 6.92 Å². The van der Waals surface area contributed by atoms with Crippen molar-refractivity contribution >= 4 is 50.7 Å². The number of thiophene rings is 1. The molecule has 0 aliphatic carbocycles. The van der Waals surface area contributed by atoms with Gasteiger partial charge < -0.3 is 5.32 Å². The molecule has 0 atom stereocenters. The summed E-state index contributed by atoms with van der Waals surface area (Å²) in [5.74, 6) is -1.11. The number of amides is 3. The normalized spacial score (nSPS) is 13.0. The molecule has 1 aromatic heterocycles. The van der Waals surface area contributed by atoms with Crippen LogP contribution in [0.3, 0.4) is 0 Å². The zero-order chi connectivity index (χ0) is 15.1. The maximum Gasteiger partial charge on any atom is 0.265 e. The Kier molecular flexibility index (Phi) is 3.38. The van der Waals surface area contributed by atoms with Crippen LogP contribution in [0.5, 0.6) is 0 Å². The van der Waals surface area contributed by atoms with Crippen molar-refractivity contribution in [3.8, 4) is 0 Å². The fourth-order valence-electron chi connectivity index (χ4n) is 2.01. The Morgan fingerprint density at radius 3 is 2.57 bits per heavy atom. The molecule has 3 rings (SSSR count). The fraction of sp³-hybridized carbons (Fsp3) is 0.0714. The van der Waals surface area contributed by atoms with Gasteiger partial charge in [0.25, 0.3) is 17.7 Å². The molecule has 0 saturated heterocycles. The van der Waals surface area contributed by atoms with E-state index in [9.17, 15) is 14.4 Å². The van der Waals surface area contributed by atoms with E-state index in [4.69, 9.17) is 0 Å². The molecular formula is C14H9BrN2O3S. The average molecular weight is 365 g/mol. The summed E-state index contributed by atoms with van der Waals surface area (Å²) in [7, 11) is 0. The molecule has 1 aliphatic rings. The molecule has 2 N–H and O–H groups in total. The van der Waals surface area contributed by atoms with E-state index in [1.54, 1.807) is 12.1 Å². The quantitative estimate of drug-likeness (QED) is 0.804. The van der Waals surface area contributed by atoms with E-state index in [0.717, 1.165) is 9.35 Å². The number of aryl methyl sites for hydroxylation is 1. The number of hydrogen-bond donors (Lipinski definition) is 2. The van der Waals surface area contributed by atoms with E-state index >= 15 is 0 Å². The number of imide groups is 1. The summed E-state index contributed by atoms with van der Waals surface area (Å²) >= 11 is 4.71. The number of carbonyl (C=O) groups is 3.